The van der Waals surface area contributed by atoms with Gasteiger partial charge in [0.1, 0.15) is 12.1 Å². The highest BCUT2D eigenvalue weighted by Crippen LogP contribution is 2.24. The van der Waals surface area contributed by atoms with Gasteiger partial charge in [-0.05, 0) is 12.8 Å². The van der Waals surface area contributed by atoms with Gasteiger partial charge in [-0.2, -0.15) is 5.10 Å². The Balaban J connectivity index is 1.89. The summed E-state index contributed by atoms with van der Waals surface area (Å²) >= 11 is 0. The SMILES string of the molecule is O=c1[nH]nc2cc(NC3(CO)CCOCC3)ncn12. The van der Waals surface area contributed by atoms with Crippen molar-refractivity contribution in [3.8, 4) is 0 Å². The number of H-pyrrole nitrogens is 1. The number of aliphatic hydroxyl groups is 1. The Morgan fingerprint density at radius 3 is 3.05 bits per heavy atom. The van der Waals surface area contributed by atoms with Gasteiger partial charge in [0, 0.05) is 19.3 Å². The average Bonchev–Trinajstić information content (AvgIpc) is 2.81. The third-order valence-corrected chi connectivity index (χ3v) is 3.46. The van der Waals surface area contributed by atoms with Crippen molar-refractivity contribution >= 4 is 11.5 Å². The lowest BCUT2D eigenvalue weighted by molar-refractivity contribution is 0.0378. The standard InChI is InChI=1S/C11H15N5O3/c17-6-11(1-3-19-4-2-11)13-8-5-9-14-15-10(18)16(9)7-12-8/h5,7,13,17H,1-4,6H2,(H,15,18). The molecule has 2 aromatic rings. The molecule has 3 heterocycles. The first-order valence-corrected chi connectivity index (χ1v) is 6.12. The summed E-state index contributed by atoms with van der Waals surface area (Å²) in [5, 5.41) is 19.1. The zero-order valence-electron chi connectivity index (χ0n) is 10.3. The van der Waals surface area contributed by atoms with E-state index in [9.17, 15) is 9.90 Å². The number of nitrogens with one attached hydrogen (secondary N) is 2. The molecule has 2 aromatic heterocycles. The van der Waals surface area contributed by atoms with E-state index in [-0.39, 0.29) is 12.3 Å². The number of aromatic amines is 1. The number of aliphatic hydroxyl groups excluding tert-OH is 1. The van der Waals surface area contributed by atoms with E-state index in [2.05, 4.69) is 20.5 Å². The minimum atomic E-state index is -0.416. The van der Waals surface area contributed by atoms with E-state index in [1.807, 2.05) is 0 Å². The van der Waals surface area contributed by atoms with Crippen LogP contribution in [0.1, 0.15) is 12.8 Å². The second kappa shape index (κ2) is 4.63. The molecule has 0 bridgehead atoms. The number of anilines is 1. The predicted octanol–water partition coefficient (Wildman–Crippen LogP) is -0.629. The zero-order valence-corrected chi connectivity index (χ0v) is 10.3. The first kappa shape index (κ1) is 12.1. The lowest BCUT2D eigenvalue weighted by Crippen LogP contribution is -2.47. The van der Waals surface area contributed by atoms with Crippen LogP contribution in [-0.2, 0) is 4.74 Å². The number of fused-ring (bicyclic) bond motifs is 1. The fraction of sp³-hybridized carbons (Fsp3) is 0.545. The fourth-order valence-corrected chi connectivity index (χ4v) is 2.23. The molecule has 0 aromatic carbocycles. The Kier molecular flexibility index (Phi) is 2.96. The molecule has 1 aliphatic heterocycles. The van der Waals surface area contributed by atoms with Gasteiger partial charge in [-0.1, -0.05) is 0 Å². The normalized spacial score (nSPS) is 18.6. The number of hydrogen-bond donors (Lipinski definition) is 3. The Morgan fingerprint density at radius 2 is 2.32 bits per heavy atom. The summed E-state index contributed by atoms with van der Waals surface area (Å²) in [7, 11) is 0. The highest BCUT2D eigenvalue weighted by molar-refractivity contribution is 5.49. The van der Waals surface area contributed by atoms with Crippen LogP contribution in [0.5, 0.6) is 0 Å². The van der Waals surface area contributed by atoms with Gasteiger partial charge in [0.2, 0.25) is 0 Å². The molecule has 3 N–H and O–H groups in total. The van der Waals surface area contributed by atoms with Crippen LogP contribution in [-0.4, -0.2) is 50.0 Å². The molecule has 19 heavy (non-hydrogen) atoms. The molecule has 0 saturated carbocycles. The van der Waals surface area contributed by atoms with Gasteiger partial charge in [0.15, 0.2) is 5.65 Å². The van der Waals surface area contributed by atoms with Gasteiger partial charge in [-0.15, -0.1) is 0 Å². The second-order valence-corrected chi connectivity index (χ2v) is 4.71. The van der Waals surface area contributed by atoms with E-state index in [1.54, 1.807) is 6.07 Å². The molecule has 3 rings (SSSR count). The maximum absolute atomic E-state index is 11.3. The van der Waals surface area contributed by atoms with Crippen LogP contribution < -0.4 is 11.0 Å². The highest BCUT2D eigenvalue weighted by atomic mass is 16.5. The van der Waals surface area contributed by atoms with E-state index in [4.69, 9.17) is 4.74 Å². The summed E-state index contributed by atoms with van der Waals surface area (Å²) in [6, 6.07) is 1.67. The van der Waals surface area contributed by atoms with Gasteiger partial charge in [0.25, 0.3) is 0 Å². The average molecular weight is 265 g/mol. The lowest BCUT2D eigenvalue weighted by atomic mass is 9.91. The fourth-order valence-electron chi connectivity index (χ4n) is 2.23. The molecule has 0 amide bonds. The van der Waals surface area contributed by atoms with Crippen molar-refractivity contribution in [1.82, 2.24) is 19.6 Å². The predicted molar refractivity (Wildman–Crippen MR) is 67.1 cm³/mol. The zero-order chi connectivity index (χ0) is 13.3. The Labute approximate surface area is 108 Å². The summed E-state index contributed by atoms with van der Waals surface area (Å²) in [6.45, 7) is 1.23. The molecule has 8 nitrogen and oxygen atoms in total. The molecular formula is C11H15N5O3. The molecule has 0 unspecified atom stereocenters. The van der Waals surface area contributed by atoms with Gasteiger partial charge in [-0.25, -0.2) is 19.3 Å². The number of nitrogens with zero attached hydrogens (tertiary/aromatic N) is 3. The Bertz CT molecular complexity index is 629. The van der Waals surface area contributed by atoms with Crippen LogP contribution in [0.25, 0.3) is 5.65 Å². The van der Waals surface area contributed by atoms with E-state index >= 15 is 0 Å². The third-order valence-electron chi connectivity index (χ3n) is 3.46. The minimum Gasteiger partial charge on any atom is -0.394 e. The van der Waals surface area contributed by atoms with E-state index in [0.29, 0.717) is 37.5 Å². The van der Waals surface area contributed by atoms with Crippen LogP contribution in [0.3, 0.4) is 0 Å². The Morgan fingerprint density at radius 1 is 1.53 bits per heavy atom. The van der Waals surface area contributed by atoms with Gasteiger partial charge < -0.3 is 15.2 Å². The van der Waals surface area contributed by atoms with Crippen LogP contribution >= 0.6 is 0 Å². The molecule has 102 valence electrons. The molecule has 1 fully saturated rings. The maximum Gasteiger partial charge on any atom is 0.348 e. The van der Waals surface area contributed by atoms with Crippen molar-refractivity contribution in [3.63, 3.8) is 0 Å². The summed E-state index contributed by atoms with van der Waals surface area (Å²) < 4.78 is 6.62. The van der Waals surface area contributed by atoms with Crippen LogP contribution in [0.2, 0.25) is 0 Å². The topological polar surface area (TPSA) is 105 Å². The number of ether oxygens (including phenoxy) is 1. The first-order valence-electron chi connectivity index (χ1n) is 6.12. The third kappa shape index (κ3) is 2.20. The molecule has 0 aliphatic carbocycles. The van der Waals surface area contributed by atoms with E-state index < -0.39 is 5.54 Å². The van der Waals surface area contributed by atoms with Gasteiger partial charge in [-0.3, -0.25) is 0 Å². The summed E-state index contributed by atoms with van der Waals surface area (Å²) in [5.74, 6) is 0.586. The van der Waals surface area contributed by atoms with Gasteiger partial charge in [0.05, 0.1) is 12.1 Å². The van der Waals surface area contributed by atoms with Crippen molar-refractivity contribution in [2.75, 3.05) is 25.1 Å². The highest BCUT2D eigenvalue weighted by Gasteiger charge is 2.32. The molecular weight excluding hydrogens is 250 g/mol. The van der Waals surface area contributed by atoms with E-state index in [1.165, 1.54) is 10.7 Å². The Hall–Kier alpha value is -1.93. The van der Waals surface area contributed by atoms with Crippen molar-refractivity contribution in [2.24, 2.45) is 0 Å². The number of aromatic nitrogens is 4. The molecule has 1 aliphatic rings. The lowest BCUT2D eigenvalue weighted by Gasteiger charge is -2.36. The van der Waals surface area contributed by atoms with Crippen molar-refractivity contribution in [1.29, 1.82) is 0 Å². The monoisotopic (exact) mass is 265 g/mol. The second-order valence-electron chi connectivity index (χ2n) is 4.71. The molecule has 0 atom stereocenters. The molecule has 0 spiro atoms. The number of hydrogen-bond acceptors (Lipinski definition) is 6. The maximum atomic E-state index is 11.3. The van der Waals surface area contributed by atoms with Crippen LogP contribution in [0.15, 0.2) is 17.2 Å². The minimum absolute atomic E-state index is 0.0105. The molecule has 8 heteroatoms. The summed E-state index contributed by atoms with van der Waals surface area (Å²) in [6.07, 6.45) is 2.83. The van der Waals surface area contributed by atoms with Crippen molar-refractivity contribution in [2.45, 2.75) is 18.4 Å². The van der Waals surface area contributed by atoms with Crippen LogP contribution in [0.4, 0.5) is 5.82 Å². The molecule has 0 radical (unpaired) electrons. The quantitative estimate of drug-likeness (QED) is 0.682. The van der Waals surface area contributed by atoms with Crippen LogP contribution in [0, 0.1) is 0 Å². The molecule has 1 saturated heterocycles. The largest absolute Gasteiger partial charge is 0.394 e. The first-order chi connectivity index (χ1) is 9.22. The van der Waals surface area contributed by atoms with Gasteiger partial charge >= 0.3 is 5.69 Å². The van der Waals surface area contributed by atoms with E-state index in [0.717, 1.165) is 0 Å². The summed E-state index contributed by atoms with van der Waals surface area (Å²) in [5.41, 5.74) is -0.250. The summed E-state index contributed by atoms with van der Waals surface area (Å²) in [4.78, 5) is 15.5. The van der Waals surface area contributed by atoms with Crippen molar-refractivity contribution < 1.29 is 9.84 Å². The number of rotatable bonds is 3. The smallest absolute Gasteiger partial charge is 0.348 e. The van der Waals surface area contributed by atoms with Crippen molar-refractivity contribution in [3.05, 3.63) is 22.9 Å².